The van der Waals surface area contributed by atoms with E-state index in [2.05, 4.69) is 15.6 Å². The molecule has 0 amide bonds. The minimum Gasteiger partial charge on any atom is -0.486 e. The molecule has 0 saturated carbocycles. The van der Waals surface area contributed by atoms with Crippen LogP contribution in [-0.2, 0) is 6.54 Å². The van der Waals surface area contributed by atoms with Gasteiger partial charge in [0.1, 0.15) is 6.10 Å². The number of non-ortho nitro benzene ring substituents is 1. The molecule has 0 radical (unpaired) electrons. The summed E-state index contributed by atoms with van der Waals surface area (Å²) in [7, 11) is 1.63. The number of hydrogen-bond acceptors (Lipinski definition) is 4. The topological polar surface area (TPSA) is 88.8 Å². The second kappa shape index (κ2) is 11.3. The maximum Gasteiger partial charge on any atom is 0.269 e. The van der Waals surface area contributed by atoms with E-state index in [9.17, 15) is 14.5 Å². The van der Waals surface area contributed by atoms with Gasteiger partial charge in [-0.3, -0.25) is 15.1 Å². The molecule has 0 bridgehead atoms. The predicted molar refractivity (Wildman–Crippen MR) is 113 cm³/mol. The normalized spacial score (nSPS) is 11.9. The van der Waals surface area contributed by atoms with E-state index in [0.717, 1.165) is 5.56 Å². The molecule has 2 N–H and O–H groups in total. The summed E-state index contributed by atoms with van der Waals surface area (Å²) in [6.07, 6.45) is -0.273. The van der Waals surface area contributed by atoms with Gasteiger partial charge >= 0.3 is 0 Å². The molecule has 0 spiro atoms. The van der Waals surface area contributed by atoms with Crippen molar-refractivity contribution in [3.63, 3.8) is 0 Å². The van der Waals surface area contributed by atoms with Crippen LogP contribution in [0.2, 0.25) is 0 Å². The second-order valence-electron chi connectivity index (χ2n) is 5.59. The van der Waals surface area contributed by atoms with Crippen molar-refractivity contribution in [3.05, 3.63) is 70.0 Å². The Morgan fingerprint density at radius 3 is 2.48 bits per heavy atom. The predicted octanol–water partition coefficient (Wildman–Crippen LogP) is 3.48. The molecule has 146 valence electrons. The number of nitro groups is 1. The van der Waals surface area contributed by atoms with Crippen LogP contribution in [0.25, 0.3) is 0 Å². The van der Waals surface area contributed by atoms with E-state index in [-0.39, 0.29) is 41.5 Å². The number of para-hydroxylation sites is 1. The Balaban J connectivity index is 0.00000364. The molecule has 0 saturated heterocycles. The molecule has 0 fully saturated rings. The Hall–Kier alpha value is -2.43. The fraction of sp³-hybridized carbons (Fsp3) is 0.278. The molecule has 0 aliphatic carbocycles. The zero-order valence-corrected chi connectivity index (χ0v) is 17.3. The molecule has 7 nitrogen and oxygen atoms in total. The van der Waals surface area contributed by atoms with E-state index in [1.165, 1.54) is 18.2 Å². The third-order valence-electron chi connectivity index (χ3n) is 3.55. The van der Waals surface area contributed by atoms with E-state index in [0.29, 0.717) is 19.0 Å². The molecule has 0 aromatic heterocycles. The highest BCUT2D eigenvalue weighted by Crippen LogP contribution is 2.16. The third-order valence-corrected chi connectivity index (χ3v) is 3.55. The molecule has 0 aliphatic rings. The van der Waals surface area contributed by atoms with Crippen molar-refractivity contribution in [2.45, 2.75) is 19.6 Å². The van der Waals surface area contributed by atoms with Crippen LogP contribution < -0.4 is 15.4 Å². The molecular weight excluding hydrogens is 466 g/mol. The maximum absolute atomic E-state index is 13.6. The van der Waals surface area contributed by atoms with Gasteiger partial charge in [0.15, 0.2) is 17.5 Å². The van der Waals surface area contributed by atoms with E-state index in [1.54, 1.807) is 37.4 Å². The number of hydrogen-bond donors (Lipinski definition) is 2. The molecule has 2 aromatic rings. The fourth-order valence-electron chi connectivity index (χ4n) is 2.18. The highest BCUT2D eigenvalue weighted by atomic mass is 127. The summed E-state index contributed by atoms with van der Waals surface area (Å²) in [5.74, 6) is 0.350. The summed E-state index contributed by atoms with van der Waals surface area (Å²) in [5, 5.41) is 16.8. The lowest BCUT2D eigenvalue weighted by Gasteiger charge is -2.18. The number of halogens is 2. The smallest absolute Gasteiger partial charge is 0.269 e. The molecule has 27 heavy (non-hydrogen) atoms. The van der Waals surface area contributed by atoms with Gasteiger partial charge in [-0.25, -0.2) is 4.39 Å². The zero-order chi connectivity index (χ0) is 18.9. The van der Waals surface area contributed by atoms with Crippen molar-refractivity contribution in [1.82, 2.24) is 10.6 Å². The van der Waals surface area contributed by atoms with Crippen molar-refractivity contribution >= 4 is 35.6 Å². The second-order valence-corrected chi connectivity index (χ2v) is 5.59. The number of guanidine groups is 1. The Kier molecular flexibility index (Phi) is 9.48. The lowest BCUT2D eigenvalue weighted by atomic mass is 10.2. The summed E-state index contributed by atoms with van der Waals surface area (Å²) < 4.78 is 19.1. The van der Waals surface area contributed by atoms with Gasteiger partial charge in [-0.2, -0.15) is 0 Å². The van der Waals surface area contributed by atoms with Gasteiger partial charge in [0.05, 0.1) is 11.5 Å². The summed E-state index contributed by atoms with van der Waals surface area (Å²) in [6.45, 7) is 2.71. The lowest BCUT2D eigenvalue weighted by Crippen LogP contribution is -2.41. The van der Waals surface area contributed by atoms with Crippen LogP contribution in [0.1, 0.15) is 12.5 Å². The van der Waals surface area contributed by atoms with Crippen LogP contribution in [0, 0.1) is 15.9 Å². The van der Waals surface area contributed by atoms with E-state index in [1.807, 2.05) is 6.92 Å². The number of rotatable bonds is 7. The zero-order valence-electron chi connectivity index (χ0n) is 15.0. The van der Waals surface area contributed by atoms with Crippen LogP contribution >= 0.6 is 24.0 Å². The van der Waals surface area contributed by atoms with Gasteiger partial charge in [0.2, 0.25) is 0 Å². The van der Waals surface area contributed by atoms with Crippen LogP contribution in [0.15, 0.2) is 53.5 Å². The molecule has 1 unspecified atom stereocenters. The highest BCUT2D eigenvalue weighted by molar-refractivity contribution is 14.0. The number of nitrogens with zero attached hydrogens (tertiary/aromatic N) is 2. The average molecular weight is 488 g/mol. The highest BCUT2D eigenvalue weighted by Gasteiger charge is 2.09. The number of aliphatic imine (C=N–C) groups is 1. The summed E-state index contributed by atoms with van der Waals surface area (Å²) in [5.41, 5.74) is 0.935. The van der Waals surface area contributed by atoms with Crippen LogP contribution in [-0.4, -0.2) is 30.6 Å². The third kappa shape index (κ3) is 7.37. The fourth-order valence-corrected chi connectivity index (χ4v) is 2.18. The molecule has 0 heterocycles. The van der Waals surface area contributed by atoms with Crippen molar-refractivity contribution in [3.8, 4) is 5.75 Å². The first-order chi connectivity index (χ1) is 12.5. The lowest BCUT2D eigenvalue weighted by molar-refractivity contribution is -0.384. The minimum atomic E-state index is -0.436. The first-order valence-corrected chi connectivity index (χ1v) is 8.08. The van der Waals surface area contributed by atoms with Crippen molar-refractivity contribution in [2.24, 2.45) is 4.99 Å². The maximum atomic E-state index is 13.6. The van der Waals surface area contributed by atoms with Gasteiger partial charge in [-0.15, -0.1) is 24.0 Å². The van der Waals surface area contributed by atoms with Crippen molar-refractivity contribution in [2.75, 3.05) is 13.6 Å². The Bertz CT molecular complexity index is 771. The van der Waals surface area contributed by atoms with Gasteiger partial charge in [0.25, 0.3) is 5.69 Å². The first-order valence-electron chi connectivity index (χ1n) is 8.08. The van der Waals surface area contributed by atoms with Gasteiger partial charge in [-0.05, 0) is 24.6 Å². The quantitative estimate of drug-likeness (QED) is 0.205. The number of benzene rings is 2. The number of nitro benzene ring substituents is 1. The Morgan fingerprint density at radius 1 is 1.22 bits per heavy atom. The Morgan fingerprint density at radius 2 is 1.89 bits per heavy atom. The molecule has 2 rings (SSSR count). The largest absolute Gasteiger partial charge is 0.486 e. The van der Waals surface area contributed by atoms with Gasteiger partial charge < -0.3 is 15.4 Å². The molecular formula is C18H22FIN4O3. The van der Waals surface area contributed by atoms with Crippen LogP contribution in [0.3, 0.4) is 0 Å². The molecule has 9 heteroatoms. The van der Waals surface area contributed by atoms with Crippen LogP contribution in [0.5, 0.6) is 5.75 Å². The summed E-state index contributed by atoms with van der Waals surface area (Å²) >= 11 is 0. The van der Waals surface area contributed by atoms with Crippen molar-refractivity contribution in [1.29, 1.82) is 0 Å². The van der Waals surface area contributed by atoms with E-state index < -0.39 is 10.7 Å². The standard InChI is InChI=1S/C18H21FN4O3.HI/c1-13(26-17-6-4-3-5-16(17)19)11-21-18(20-2)22-12-14-7-9-15(10-8-14)23(24)25;/h3-10,13H,11-12H2,1-2H3,(H2,20,21,22);1H. The van der Waals surface area contributed by atoms with E-state index >= 15 is 0 Å². The molecule has 0 aliphatic heterocycles. The summed E-state index contributed by atoms with van der Waals surface area (Å²) in [4.78, 5) is 14.3. The first kappa shape index (κ1) is 22.6. The number of nitrogens with one attached hydrogen (secondary N) is 2. The van der Waals surface area contributed by atoms with Gasteiger partial charge in [-0.1, -0.05) is 24.3 Å². The molecule has 1 atom stereocenters. The monoisotopic (exact) mass is 488 g/mol. The average Bonchev–Trinajstić information content (AvgIpc) is 2.64. The molecule has 2 aromatic carbocycles. The van der Waals surface area contributed by atoms with E-state index in [4.69, 9.17) is 4.74 Å². The minimum absolute atomic E-state index is 0. The Labute approximate surface area is 174 Å². The number of ether oxygens (including phenoxy) is 1. The summed E-state index contributed by atoms with van der Waals surface area (Å²) in [6, 6.07) is 12.5. The van der Waals surface area contributed by atoms with Crippen LogP contribution in [0.4, 0.5) is 10.1 Å². The van der Waals surface area contributed by atoms with Gasteiger partial charge in [0, 0.05) is 25.7 Å². The SMILES string of the molecule is CN=C(NCc1ccc([N+](=O)[O-])cc1)NCC(C)Oc1ccccc1F.I. The van der Waals surface area contributed by atoms with Crippen molar-refractivity contribution < 1.29 is 14.1 Å².